The topological polar surface area (TPSA) is 33.1 Å². The Bertz CT molecular complexity index is 356. The highest BCUT2D eigenvalue weighted by Crippen LogP contribution is 2.33. The highest BCUT2D eigenvalue weighted by atomic mass is 15.3. The number of aromatic nitrogens is 2. The molecule has 1 aromatic rings. The molecule has 90 valence electrons. The minimum Gasteiger partial charge on any atom is -0.348 e. The van der Waals surface area contributed by atoms with Gasteiger partial charge in [0.2, 0.25) is 5.95 Å². The summed E-state index contributed by atoms with van der Waals surface area (Å²) in [6.07, 6.45) is 4.60. The number of imidazole rings is 1. The summed E-state index contributed by atoms with van der Waals surface area (Å²) in [6.45, 7) is 3.19. The number of hydrogen-bond acceptors (Lipinski definition) is 3. The fourth-order valence-electron chi connectivity index (χ4n) is 2.20. The van der Waals surface area contributed by atoms with Crippen LogP contribution in [-0.2, 0) is 13.6 Å². The molecule has 16 heavy (non-hydrogen) atoms. The van der Waals surface area contributed by atoms with E-state index >= 15 is 0 Å². The van der Waals surface area contributed by atoms with Crippen LogP contribution in [0.25, 0.3) is 0 Å². The van der Waals surface area contributed by atoms with Gasteiger partial charge in [-0.1, -0.05) is 13.3 Å². The van der Waals surface area contributed by atoms with Crippen molar-refractivity contribution >= 4 is 5.95 Å². The molecule has 4 nitrogen and oxygen atoms in total. The Morgan fingerprint density at radius 3 is 2.81 bits per heavy atom. The average molecular weight is 222 g/mol. The molecule has 1 saturated carbocycles. The van der Waals surface area contributed by atoms with Crippen LogP contribution in [0.15, 0.2) is 6.20 Å². The van der Waals surface area contributed by atoms with Gasteiger partial charge in [-0.05, 0) is 12.3 Å². The Morgan fingerprint density at radius 1 is 1.56 bits per heavy atom. The minimum atomic E-state index is 0.739. The summed E-state index contributed by atoms with van der Waals surface area (Å²) in [7, 11) is 6.12. The van der Waals surface area contributed by atoms with Crippen molar-refractivity contribution in [3.8, 4) is 0 Å². The normalized spacial score (nSPS) is 23.5. The first-order chi connectivity index (χ1) is 7.63. The lowest BCUT2D eigenvalue weighted by atomic mass is 10.3. The van der Waals surface area contributed by atoms with E-state index in [1.165, 1.54) is 18.5 Å². The van der Waals surface area contributed by atoms with E-state index in [2.05, 4.69) is 28.8 Å². The van der Waals surface area contributed by atoms with Crippen molar-refractivity contribution < 1.29 is 0 Å². The molecular formula is C12H22N4. The maximum atomic E-state index is 4.40. The second kappa shape index (κ2) is 4.45. The Labute approximate surface area is 97.7 Å². The molecule has 0 amide bonds. The monoisotopic (exact) mass is 222 g/mol. The predicted octanol–water partition coefficient (Wildman–Crippen LogP) is 1.37. The van der Waals surface area contributed by atoms with Crippen LogP contribution in [0.1, 0.15) is 25.5 Å². The van der Waals surface area contributed by atoms with Crippen molar-refractivity contribution in [3.63, 3.8) is 0 Å². The third-order valence-electron chi connectivity index (χ3n) is 3.45. The molecule has 2 rings (SSSR count). The molecule has 0 bridgehead atoms. The van der Waals surface area contributed by atoms with Gasteiger partial charge >= 0.3 is 0 Å². The highest BCUT2D eigenvalue weighted by molar-refractivity contribution is 5.30. The average Bonchev–Trinajstić information content (AvgIpc) is 2.92. The molecule has 1 aromatic heterocycles. The lowest BCUT2D eigenvalue weighted by Crippen LogP contribution is -2.20. The summed E-state index contributed by atoms with van der Waals surface area (Å²) in [5.74, 6) is 1.92. The van der Waals surface area contributed by atoms with E-state index in [1.54, 1.807) is 0 Å². The zero-order chi connectivity index (χ0) is 11.7. The van der Waals surface area contributed by atoms with Crippen LogP contribution in [0.3, 0.4) is 0 Å². The van der Waals surface area contributed by atoms with E-state index in [0.29, 0.717) is 0 Å². The van der Waals surface area contributed by atoms with Gasteiger partial charge in [0.25, 0.3) is 0 Å². The second-order valence-electron chi connectivity index (χ2n) is 4.89. The van der Waals surface area contributed by atoms with Crippen LogP contribution < -0.4 is 10.2 Å². The summed E-state index contributed by atoms with van der Waals surface area (Å²) >= 11 is 0. The Kier molecular flexibility index (Phi) is 3.19. The zero-order valence-corrected chi connectivity index (χ0v) is 10.7. The van der Waals surface area contributed by atoms with Gasteiger partial charge in [-0.25, -0.2) is 4.98 Å². The molecule has 1 fully saturated rings. The van der Waals surface area contributed by atoms with E-state index in [0.717, 1.165) is 24.5 Å². The molecule has 2 atom stereocenters. The highest BCUT2D eigenvalue weighted by Gasteiger charge is 2.34. The van der Waals surface area contributed by atoms with Crippen LogP contribution in [0.4, 0.5) is 5.95 Å². The molecule has 0 saturated heterocycles. The van der Waals surface area contributed by atoms with Gasteiger partial charge in [0, 0.05) is 33.7 Å². The summed E-state index contributed by atoms with van der Waals surface area (Å²) in [6, 6.07) is 0.739. The third-order valence-corrected chi connectivity index (χ3v) is 3.45. The third kappa shape index (κ3) is 2.21. The van der Waals surface area contributed by atoms with E-state index in [-0.39, 0.29) is 0 Å². The molecule has 2 unspecified atom stereocenters. The van der Waals surface area contributed by atoms with Gasteiger partial charge in [0.05, 0.1) is 11.9 Å². The van der Waals surface area contributed by atoms with E-state index < -0.39 is 0 Å². The maximum absolute atomic E-state index is 4.40. The first-order valence-corrected chi connectivity index (χ1v) is 6.04. The largest absolute Gasteiger partial charge is 0.348 e. The number of hydrogen-bond donors (Lipinski definition) is 1. The van der Waals surface area contributed by atoms with Gasteiger partial charge in [-0.3, -0.25) is 0 Å². The van der Waals surface area contributed by atoms with E-state index in [1.807, 2.05) is 25.2 Å². The van der Waals surface area contributed by atoms with Crippen molar-refractivity contribution in [2.45, 2.75) is 32.4 Å². The molecule has 1 N–H and O–H groups in total. The molecule has 1 aliphatic rings. The van der Waals surface area contributed by atoms with E-state index in [4.69, 9.17) is 0 Å². The summed E-state index contributed by atoms with van der Waals surface area (Å²) in [5, 5.41) is 3.59. The zero-order valence-electron chi connectivity index (χ0n) is 10.7. The lowest BCUT2D eigenvalue weighted by Gasteiger charge is -2.12. The number of nitrogens with zero attached hydrogens (tertiary/aromatic N) is 3. The number of rotatable bonds is 5. The molecule has 4 heteroatoms. The van der Waals surface area contributed by atoms with Crippen molar-refractivity contribution in [1.29, 1.82) is 0 Å². The SMILES string of the molecule is CCC1CC1NCc1cnc(N(C)C)n1C. The Morgan fingerprint density at radius 2 is 2.31 bits per heavy atom. The van der Waals surface area contributed by atoms with Crippen molar-refractivity contribution in [1.82, 2.24) is 14.9 Å². The predicted molar refractivity (Wildman–Crippen MR) is 66.6 cm³/mol. The standard InChI is InChI=1S/C12H22N4/c1-5-9-6-11(9)13-7-10-8-14-12(15(2)3)16(10)4/h8-9,11,13H,5-7H2,1-4H3. The van der Waals surface area contributed by atoms with Gasteiger partial charge in [0.15, 0.2) is 0 Å². The first kappa shape index (κ1) is 11.5. The van der Waals surface area contributed by atoms with Crippen LogP contribution in [0.5, 0.6) is 0 Å². The lowest BCUT2D eigenvalue weighted by molar-refractivity contribution is 0.603. The smallest absolute Gasteiger partial charge is 0.204 e. The molecule has 0 radical (unpaired) electrons. The van der Waals surface area contributed by atoms with Gasteiger partial charge in [0.1, 0.15) is 0 Å². The number of nitrogens with one attached hydrogen (secondary N) is 1. The van der Waals surface area contributed by atoms with Gasteiger partial charge in [-0.15, -0.1) is 0 Å². The molecule has 0 aromatic carbocycles. The first-order valence-electron chi connectivity index (χ1n) is 6.04. The molecule has 0 spiro atoms. The van der Waals surface area contributed by atoms with Crippen molar-refractivity contribution in [3.05, 3.63) is 11.9 Å². The van der Waals surface area contributed by atoms with Gasteiger partial charge in [-0.2, -0.15) is 0 Å². The minimum absolute atomic E-state index is 0.739. The van der Waals surface area contributed by atoms with Crippen molar-refractivity contribution in [2.75, 3.05) is 19.0 Å². The van der Waals surface area contributed by atoms with Crippen LogP contribution in [0.2, 0.25) is 0 Å². The summed E-state index contributed by atoms with van der Waals surface area (Å²) in [4.78, 5) is 6.44. The summed E-state index contributed by atoms with van der Waals surface area (Å²) < 4.78 is 2.15. The fraction of sp³-hybridized carbons (Fsp3) is 0.750. The van der Waals surface area contributed by atoms with Crippen LogP contribution in [-0.4, -0.2) is 29.7 Å². The quantitative estimate of drug-likeness (QED) is 0.817. The maximum Gasteiger partial charge on any atom is 0.204 e. The van der Waals surface area contributed by atoms with Gasteiger partial charge < -0.3 is 14.8 Å². The molecule has 0 aliphatic heterocycles. The van der Waals surface area contributed by atoms with Crippen LogP contribution in [0, 0.1) is 5.92 Å². The summed E-state index contributed by atoms with van der Waals surface area (Å²) in [5.41, 5.74) is 1.26. The Balaban J connectivity index is 1.90. The molecule has 1 aliphatic carbocycles. The van der Waals surface area contributed by atoms with Crippen molar-refractivity contribution in [2.24, 2.45) is 13.0 Å². The number of anilines is 1. The second-order valence-corrected chi connectivity index (χ2v) is 4.89. The molecular weight excluding hydrogens is 200 g/mol. The Hall–Kier alpha value is -1.03. The molecule has 1 heterocycles. The van der Waals surface area contributed by atoms with Crippen LogP contribution >= 0.6 is 0 Å². The van der Waals surface area contributed by atoms with E-state index in [9.17, 15) is 0 Å². The fourth-order valence-corrected chi connectivity index (χ4v) is 2.20.